The number of aromatic nitrogens is 6. The predicted molar refractivity (Wildman–Crippen MR) is 85.9 cm³/mol. The minimum absolute atomic E-state index is 0.00528. The first-order valence-electron chi connectivity index (χ1n) is 7.66. The van der Waals surface area contributed by atoms with Gasteiger partial charge in [-0.15, -0.1) is 0 Å². The van der Waals surface area contributed by atoms with E-state index in [1.54, 1.807) is 11.0 Å². The van der Waals surface area contributed by atoms with E-state index in [9.17, 15) is 0 Å². The van der Waals surface area contributed by atoms with Crippen molar-refractivity contribution in [1.29, 1.82) is 0 Å². The van der Waals surface area contributed by atoms with E-state index in [4.69, 9.17) is 4.52 Å². The van der Waals surface area contributed by atoms with Crippen LogP contribution in [0.25, 0.3) is 11.1 Å². The minimum Gasteiger partial charge on any atom is -0.359 e. The quantitative estimate of drug-likeness (QED) is 0.773. The van der Waals surface area contributed by atoms with E-state index in [-0.39, 0.29) is 6.04 Å². The lowest BCUT2D eigenvalue weighted by Crippen LogP contribution is -2.19. The van der Waals surface area contributed by atoms with Crippen molar-refractivity contribution in [3.63, 3.8) is 0 Å². The molecule has 1 N–H and O–H groups in total. The molecule has 3 heterocycles. The lowest BCUT2D eigenvalue weighted by Gasteiger charge is -2.20. The summed E-state index contributed by atoms with van der Waals surface area (Å²) < 4.78 is 7.06. The highest BCUT2D eigenvalue weighted by molar-refractivity contribution is 5.87. The predicted octanol–water partition coefficient (Wildman–Crippen LogP) is 2.56. The molecule has 0 radical (unpaired) electrons. The number of hydrogen-bond acceptors (Lipinski definition) is 7. The topological polar surface area (TPSA) is 94.6 Å². The molecule has 0 aromatic carbocycles. The van der Waals surface area contributed by atoms with Gasteiger partial charge < -0.3 is 9.84 Å². The second-order valence-corrected chi connectivity index (χ2v) is 6.14. The number of hydrogen-bond donors (Lipinski definition) is 1. The highest BCUT2D eigenvalue weighted by Gasteiger charge is 2.22. The second-order valence-electron chi connectivity index (χ2n) is 6.14. The van der Waals surface area contributed by atoms with E-state index in [1.807, 2.05) is 20.9 Å². The van der Waals surface area contributed by atoms with Crippen LogP contribution >= 0.6 is 0 Å². The molecule has 8 heteroatoms. The molecular formula is C15H21N7O. The summed E-state index contributed by atoms with van der Waals surface area (Å²) in [6.45, 7) is 8.07. The van der Waals surface area contributed by atoms with Gasteiger partial charge >= 0.3 is 0 Å². The maximum atomic E-state index is 5.27. The summed E-state index contributed by atoms with van der Waals surface area (Å²) in [6, 6.07) is -0.00528. The maximum absolute atomic E-state index is 5.27. The molecule has 0 bridgehead atoms. The number of aryl methyl sites for hydroxylation is 3. The third kappa shape index (κ3) is 3.01. The second kappa shape index (κ2) is 5.94. The molecule has 0 saturated heterocycles. The van der Waals surface area contributed by atoms with Gasteiger partial charge in [-0.25, -0.2) is 9.97 Å². The van der Waals surface area contributed by atoms with Crippen molar-refractivity contribution in [3.8, 4) is 0 Å². The van der Waals surface area contributed by atoms with Gasteiger partial charge in [0.25, 0.3) is 5.71 Å². The van der Waals surface area contributed by atoms with Gasteiger partial charge in [0.15, 0.2) is 0 Å². The largest absolute Gasteiger partial charge is 0.359 e. The van der Waals surface area contributed by atoms with Crippen molar-refractivity contribution < 1.29 is 4.52 Å². The first-order valence-corrected chi connectivity index (χ1v) is 7.66. The molecule has 23 heavy (non-hydrogen) atoms. The van der Waals surface area contributed by atoms with Crippen LogP contribution in [0, 0.1) is 19.8 Å². The number of nitrogens with zero attached hydrogens (tertiary/aromatic N) is 6. The molecular weight excluding hydrogens is 294 g/mol. The average molecular weight is 315 g/mol. The van der Waals surface area contributed by atoms with Crippen molar-refractivity contribution >= 4 is 16.9 Å². The SMILES string of the molecule is Cc1nc(N[C@H](CC(C)C)c2ncnn2C)c2c(C)noc2n1. The highest BCUT2D eigenvalue weighted by Crippen LogP contribution is 2.29. The van der Waals surface area contributed by atoms with E-state index >= 15 is 0 Å². The van der Waals surface area contributed by atoms with Gasteiger partial charge in [-0.3, -0.25) is 4.68 Å². The van der Waals surface area contributed by atoms with E-state index < -0.39 is 0 Å². The fourth-order valence-corrected chi connectivity index (χ4v) is 2.69. The first-order chi connectivity index (χ1) is 11.0. The fourth-order valence-electron chi connectivity index (χ4n) is 2.69. The zero-order valence-corrected chi connectivity index (χ0v) is 14.0. The number of anilines is 1. The number of fused-ring (bicyclic) bond motifs is 1. The molecule has 122 valence electrons. The van der Waals surface area contributed by atoms with Gasteiger partial charge in [-0.05, 0) is 26.2 Å². The summed E-state index contributed by atoms with van der Waals surface area (Å²) in [5, 5.41) is 12.5. The Balaban J connectivity index is 2.03. The van der Waals surface area contributed by atoms with E-state index in [2.05, 4.69) is 44.4 Å². The van der Waals surface area contributed by atoms with Crippen LogP contribution in [0.1, 0.15) is 43.7 Å². The molecule has 0 spiro atoms. The summed E-state index contributed by atoms with van der Waals surface area (Å²) in [5.74, 6) is 2.72. The van der Waals surface area contributed by atoms with Crippen molar-refractivity contribution in [1.82, 2.24) is 29.9 Å². The summed E-state index contributed by atoms with van der Waals surface area (Å²) in [6.07, 6.45) is 2.47. The van der Waals surface area contributed by atoms with Crippen molar-refractivity contribution in [2.24, 2.45) is 13.0 Å². The lowest BCUT2D eigenvalue weighted by atomic mass is 10.0. The van der Waals surface area contributed by atoms with E-state index in [1.165, 1.54) is 0 Å². The third-order valence-corrected chi connectivity index (χ3v) is 3.69. The Morgan fingerprint density at radius 3 is 2.70 bits per heavy atom. The molecule has 0 fully saturated rings. The Morgan fingerprint density at radius 1 is 1.26 bits per heavy atom. The van der Waals surface area contributed by atoms with Crippen LogP contribution in [-0.2, 0) is 7.05 Å². The molecule has 3 aromatic rings. The molecule has 3 rings (SSSR count). The molecule has 0 saturated carbocycles. The monoisotopic (exact) mass is 315 g/mol. The molecule has 3 aromatic heterocycles. The van der Waals surface area contributed by atoms with Crippen LogP contribution in [0.3, 0.4) is 0 Å². The van der Waals surface area contributed by atoms with Crippen molar-refractivity contribution in [2.75, 3.05) is 5.32 Å². The fraction of sp³-hybridized carbons (Fsp3) is 0.533. The van der Waals surface area contributed by atoms with Crippen molar-refractivity contribution in [2.45, 2.75) is 40.2 Å². The molecule has 0 aliphatic carbocycles. The summed E-state index contributed by atoms with van der Waals surface area (Å²) in [7, 11) is 1.89. The zero-order chi connectivity index (χ0) is 16.6. The van der Waals surface area contributed by atoms with E-state index in [0.717, 1.165) is 29.1 Å². The van der Waals surface area contributed by atoms with Crippen LogP contribution < -0.4 is 5.32 Å². The average Bonchev–Trinajstić information content (AvgIpc) is 3.04. The molecule has 1 atom stereocenters. The Morgan fingerprint density at radius 2 is 2.04 bits per heavy atom. The highest BCUT2D eigenvalue weighted by atomic mass is 16.5. The lowest BCUT2D eigenvalue weighted by molar-refractivity contribution is 0.442. The van der Waals surface area contributed by atoms with Crippen LogP contribution in [0.5, 0.6) is 0 Å². The summed E-state index contributed by atoms with van der Waals surface area (Å²) in [5.41, 5.74) is 1.27. The summed E-state index contributed by atoms with van der Waals surface area (Å²) in [4.78, 5) is 13.2. The van der Waals surface area contributed by atoms with Crippen molar-refractivity contribution in [3.05, 3.63) is 23.7 Å². The van der Waals surface area contributed by atoms with Gasteiger partial charge in [0.2, 0.25) is 0 Å². The summed E-state index contributed by atoms with van der Waals surface area (Å²) >= 11 is 0. The van der Waals surface area contributed by atoms with Crippen LogP contribution in [-0.4, -0.2) is 29.9 Å². The maximum Gasteiger partial charge on any atom is 0.263 e. The molecule has 0 aliphatic rings. The Hall–Kier alpha value is -2.51. The standard InChI is InChI=1S/C15H21N7O/c1-8(2)6-11(14-16-7-17-22(14)5)20-13-12-9(3)21-23-15(12)19-10(4)18-13/h7-8,11H,6H2,1-5H3,(H,18,19,20)/t11-/m1/s1. The zero-order valence-electron chi connectivity index (χ0n) is 14.0. The van der Waals surface area contributed by atoms with E-state index in [0.29, 0.717) is 17.5 Å². The van der Waals surface area contributed by atoms with Gasteiger partial charge in [0.1, 0.15) is 29.2 Å². The number of rotatable bonds is 5. The third-order valence-electron chi connectivity index (χ3n) is 3.69. The van der Waals surface area contributed by atoms with Crippen LogP contribution in [0.15, 0.2) is 10.9 Å². The molecule has 0 aliphatic heterocycles. The van der Waals surface area contributed by atoms with Gasteiger partial charge in [-0.1, -0.05) is 19.0 Å². The molecule has 8 nitrogen and oxygen atoms in total. The van der Waals surface area contributed by atoms with Gasteiger partial charge in [0, 0.05) is 7.05 Å². The van der Waals surface area contributed by atoms with Crippen LogP contribution in [0.4, 0.5) is 5.82 Å². The van der Waals surface area contributed by atoms with Gasteiger partial charge in [0.05, 0.1) is 11.7 Å². The minimum atomic E-state index is -0.00528. The Bertz CT molecular complexity index is 820. The molecule has 0 unspecified atom stereocenters. The van der Waals surface area contributed by atoms with Gasteiger partial charge in [-0.2, -0.15) is 10.1 Å². The van der Waals surface area contributed by atoms with Crippen LogP contribution in [0.2, 0.25) is 0 Å². The smallest absolute Gasteiger partial charge is 0.263 e. The Kier molecular flexibility index (Phi) is 3.97. The molecule has 0 amide bonds. The first kappa shape index (κ1) is 15.4. The normalized spacial score (nSPS) is 13.0. The number of nitrogens with one attached hydrogen (secondary N) is 1. The Labute approximate surface area is 134 Å².